The van der Waals surface area contributed by atoms with Gasteiger partial charge in [0, 0.05) is 8.95 Å². The van der Waals surface area contributed by atoms with Gasteiger partial charge < -0.3 is 0 Å². The molecule has 0 amide bonds. The third-order valence-electron chi connectivity index (χ3n) is 1.98. The molecule has 0 aromatic heterocycles. The minimum absolute atomic E-state index is 0.728. The van der Waals surface area contributed by atoms with Gasteiger partial charge in [0.05, 0.1) is 0 Å². The first-order valence-corrected chi connectivity index (χ1v) is 7.11. The van der Waals surface area contributed by atoms with Crippen LogP contribution in [0.25, 0.3) is 0 Å². The fourth-order valence-corrected chi connectivity index (χ4v) is 2.76. The maximum absolute atomic E-state index is 3.44. The summed E-state index contributed by atoms with van der Waals surface area (Å²) < 4.78 is 2.26. The zero-order chi connectivity index (χ0) is 10.7. The molecule has 0 atom stereocenters. The summed E-state index contributed by atoms with van der Waals surface area (Å²) in [4.78, 5) is 0. The van der Waals surface area contributed by atoms with Crippen LogP contribution in [0.5, 0.6) is 0 Å². The van der Waals surface area contributed by atoms with Crippen LogP contribution in [0.2, 0.25) is 0 Å². The molecule has 0 unspecified atom stereocenters. The predicted octanol–water partition coefficient (Wildman–Crippen LogP) is 2.87. The quantitative estimate of drug-likeness (QED) is 0.738. The molecular weight excluding hydrogens is 332 g/mol. The van der Waals surface area contributed by atoms with Gasteiger partial charge >= 0.3 is 0 Å². The maximum atomic E-state index is 3.44. The van der Waals surface area contributed by atoms with Crippen molar-refractivity contribution in [1.82, 2.24) is 0 Å². The van der Waals surface area contributed by atoms with E-state index in [-0.39, 0.29) is 0 Å². The Morgan fingerprint density at radius 2 is 0.933 bits per heavy atom. The van der Waals surface area contributed by atoms with Crippen molar-refractivity contribution in [3.63, 3.8) is 0 Å². The van der Waals surface area contributed by atoms with Crippen LogP contribution in [0.3, 0.4) is 0 Å². The van der Waals surface area contributed by atoms with Crippen LogP contribution in [-0.4, -0.2) is 9.52 Å². The van der Waals surface area contributed by atoms with Crippen molar-refractivity contribution in [1.29, 1.82) is 0 Å². The van der Waals surface area contributed by atoms with Crippen molar-refractivity contribution in [3.05, 3.63) is 57.5 Å². The molecule has 0 fully saturated rings. The lowest BCUT2D eigenvalue weighted by Crippen LogP contribution is -2.26. The second-order valence-electron chi connectivity index (χ2n) is 3.14. The molecule has 0 bridgehead atoms. The average Bonchev–Trinajstić information content (AvgIpc) is 2.25. The highest BCUT2D eigenvalue weighted by atomic mass is 79.9. The lowest BCUT2D eigenvalue weighted by Gasteiger charge is -2.00. The highest BCUT2D eigenvalue weighted by Gasteiger charge is 1.97. The van der Waals surface area contributed by atoms with E-state index in [9.17, 15) is 0 Å². The van der Waals surface area contributed by atoms with Gasteiger partial charge in [0.25, 0.3) is 0 Å². The summed E-state index contributed by atoms with van der Waals surface area (Å²) >= 11 is 6.87. The molecule has 2 radical (unpaired) electrons. The van der Waals surface area contributed by atoms with Gasteiger partial charge in [-0.3, -0.25) is 0 Å². The van der Waals surface area contributed by atoms with Crippen LogP contribution in [0.1, 0.15) is 0 Å². The molecule has 2 rings (SSSR count). The van der Waals surface area contributed by atoms with Gasteiger partial charge in [0.1, 0.15) is 9.52 Å². The van der Waals surface area contributed by atoms with Crippen molar-refractivity contribution < 1.29 is 0 Å². The van der Waals surface area contributed by atoms with E-state index in [1.165, 1.54) is 10.4 Å². The van der Waals surface area contributed by atoms with Gasteiger partial charge in [-0.05, 0) is 24.3 Å². The summed E-state index contributed by atoms with van der Waals surface area (Å²) in [5.41, 5.74) is 0. The Balaban J connectivity index is 2.15. The first kappa shape index (κ1) is 11.1. The Morgan fingerprint density at radius 3 is 1.27 bits per heavy atom. The van der Waals surface area contributed by atoms with Crippen molar-refractivity contribution in [2.24, 2.45) is 0 Å². The molecule has 2 aromatic carbocycles. The van der Waals surface area contributed by atoms with Crippen LogP contribution < -0.4 is 10.4 Å². The number of halogens is 2. The fourth-order valence-electron chi connectivity index (χ4n) is 1.23. The molecule has 0 aliphatic heterocycles. The first-order chi connectivity index (χ1) is 7.24. The fraction of sp³-hybridized carbons (Fsp3) is 0. The standard InChI is InChI=1S/C12H8Br2Si/c13-9-1-5-11(6-2-9)15-12-7-3-10(14)4-8-12/h1-8H. The smallest absolute Gasteiger partial charge is 0.0620 e. The van der Waals surface area contributed by atoms with Crippen molar-refractivity contribution >= 4 is 51.8 Å². The second kappa shape index (κ2) is 5.10. The molecule has 0 aliphatic carbocycles. The van der Waals surface area contributed by atoms with Crippen LogP contribution in [0.15, 0.2) is 57.5 Å². The Morgan fingerprint density at radius 1 is 0.600 bits per heavy atom. The second-order valence-corrected chi connectivity index (χ2v) is 6.37. The molecule has 15 heavy (non-hydrogen) atoms. The van der Waals surface area contributed by atoms with E-state index >= 15 is 0 Å². The van der Waals surface area contributed by atoms with E-state index in [0.29, 0.717) is 0 Å². The summed E-state index contributed by atoms with van der Waals surface area (Å²) in [5, 5.41) is 2.72. The molecule has 3 heteroatoms. The number of hydrogen-bond donors (Lipinski definition) is 0. The van der Waals surface area contributed by atoms with Crippen LogP contribution in [-0.2, 0) is 0 Å². The molecule has 2 aromatic rings. The Kier molecular flexibility index (Phi) is 3.78. The first-order valence-electron chi connectivity index (χ1n) is 4.52. The SMILES string of the molecule is Brc1ccc([Si]c2ccc(Br)cc2)cc1. The molecule has 0 spiro atoms. The van der Waals surface area contributed by atoms with Crippen LogP contribution in [0.4, 0.5) is 0 Å². The van der Waals surface area contributed by atoms with Gasteiger partial charge in [-0.15, -0.1) is 0 Å². The lowest BCUT2D eigenvalue weighted by atomic mass is 10.4. The van der Waals surface area contributed by atoms with Gasteiger partial charge in [0.2, 0.25) is 0 Å². The summed E-state index contributed by atoms with van der Waals surface area (Å²) in [5.74, 6) is 0. The van der Waals surface area contributed by atoms with Crippen molar-refractivity contribution in [3.8, 4) is 0 Å². The molecule has 0 N–H and O–H groups in total. The topological polar surface area (TPSA) is 0 Å². The summed E-state index contributed by atoms with van der Waals surface area (Å²) in [7, 11) is 0.728. The molecule has 0 saturated carbocycles. The van der Waals surface area contributed by atoms with Gasteiger partial charge in [-0.1, -0.05) is 66.5 Å². The average molecular weight is 340 g/mol. The van der Waals surface area contributed by atoms with E-state index in [2.05, 4.69) is 80.4 Å². The minimum Gasteiger partial charge on any atom is -0.0620 e. The minimum atomic E-state index is 0.728. The number of benzene rings is 2. The van der Waals surface area contributed by atoms with E-state index in [1.807, 2.05) is 0 Å². The molecule has 0 heterocycles. The van der Waals surface area contributed by atoms with E-state index in [1.54, 1.807) is 0 Å². The summed E-state index contributed by atoms with van der Waals surface area (Å²) in [6.45, 7) is 0. The Bertz CT molecular complexity index is 391. The molecule has 74 valence electrons. The third-order valence-corrected chi connectivity index (χ3v) is 4.28. The zero-order valence-corrected chi connectivity index (χ0v) is 12.0. The largest absolute Gasteiger partial charge is 0.121 e. The Hall–Kier alpha value is -0.383. The third kappa shape index (κ3) is 3.29. The van der Waals surface area contributed by atoms with Crippen LogP contribution in [0, 0.1) is 0 Å². The monoisotopic (exact) mass is 338 g/mol. The lowest BCUT2D eigenvalue weighted by molar-refractivity contribution is 1.68. The van der Waals surface area contributed by atoms with Crippen LogP contribution >= 0.6 is 31.9 Å². The van der Waals surface area contributed by atoms with Gasteiger partial charge in [0.15, 0.2) is 0 Å². The molecule has 0 saturated heterocycles. The normalized spacial score (nSPS) is 10.3. The highest BCUT2D eigenvalue weighted by molar-refractivity contribution is 9.10. The van der Waals surface area contributed by atoms with E-state index < -0.39 is 0 Å². The van der Waals surface area contributed by atoms with Gasteiger partial charge in [-0.2, -0.15) is 0 Å². The predicted molar refractivity (Wildman–Crippen MR) is 73.3 cm³/mol. The van der Waals surface area contributed by atoms with Crippen molar-refractivity contribution in [2.45, 2.75) is 0 Å². The molecule has 0 aliphatic rings. The van der Waals surface area contributed by atoms with Gasteiger partial charge in [-0.25, -0.2) is 0 Å². The van der Waals surface area contributed by atoms with E-state index in [4.69, 9.17) is 0 Å². The maximum Gasteiger partial charge on any atom is 0.121 e. The summed E-state index contributed by atoms with van der Waals surface area (Å²) in [6, 6.07) is 17.0. The molecular formula is C12H8Br2Si. The number of rotatable bonds is 2. The summed E-state index contributed by atoms with van der Waals surface area (Å²) in [6.07, 6.45) is 0. The Labute approximate surface area is 109 Å². The number of hydrogen-bond acceptors (Lipinski definition) is 0. The van der Waals surface area contributed by atoms with E-state index in [0.717, 1.165) is 18.5 Å². The molecule has 0 nitrogen and oxygen atoms in total. The highest BCUT2D eigenvalue weighted by Crippen LogP contribution is 2.06. The van der Waals surface area contributed by atoms with Crippen molar-refractivity contribution in [2.75, 3.05) is 0 Å². The zero-order valence-electron chi connectivity index (χ0n) is 7.87.